The summed E-state index contributed by atoms with van der Waals surface area (Å²) < 4.78 is 12.7. The molecule has 1 aliphatic carbocycles. The largest absolute Gasteiger partial charge is 0.493 e. The zero-order chi connectivity index (χ0) is 22.2. The van der Waals surface area contributed by atoms with E-state index in [1.165, 1.54) is 0 Å². The third kappa shape index (κ3) is 3.44. The van der Waals surface area contributed by atoms with Crippen LogP contribution >= 0.6 is 0 Å². The van der Waals surface area contributed by atoms with Gasteiger partial charge < -0.3 is 14.6 Å². The first-order chi connectivity index (χ1) is 15.0. The van der Waals surface area contributed by atoms with E-state index in [0.29, 0.717) is 48.0 Å². The van der Waals surface area contributed by atoms with Gasteiger partial charge in [0, 0.05) is 11.1 Å². The molecule has 31 heavy (non-hydrogen) atoms. The highest BCUT2D eigenvalue weighted by Gasteiger charge is 2.62. The van der Waals surface area contributed by atoms with Gasteiger partial charge in [-0.2, -0.15) is 0 Å². The molecule has 1 aromatic carbocycles. The highest BCUT2D eigenvalue weighted by Crippen LogP contribution is 2.59. The van der Waals surface area contributed by atoms with Crippen molar-refractivity contribution < 1.29 is 19.4 Å². The Labute approximate surface area is 180 Å². The lowest BCUT2D eigenvalue weighted by atomic mass is 10.0. The fraction of sp³-hybridized carbons (Fsp3) is 0.375. The van der Waals surface area contributed by atoms with Gasteiger partial charge in [0.25, 0.3) is 5.56 Å². The van der Waals surface area contributed by atoms with Crippen molar-refractivity contribution >= 4 is 24.2 Å². The third-order valence-corrected chi connectivity index (χ3v) is 5.91. The van der Waals surface area contributed by atoms with Crippen molar-refractivity contribution in [3.63, 3.8) is 0 Å². The quantitative estimate of drug-likeness (QED) is 0.696. The maximum atomic E-state index is 13.3. The Kier molecular flexibility index (Phi) is 5.43. The number of rotatable bonds is 8. The van der Waals surface area contributed by atoms with Gasteiger partial charge in [-0.25, -0.2) is 4.98 Å². The van der Waals surface area contributed by atoms with E-state index in [2.05, 4.69) is 0 Å². The van der Waals surface area contributed by atoms with Crippen LogP contribution in [0.1, 0.15) is 55.4 Å². The number of fused-ring (bicyclic) bond motifs is 3. The first-order valence-corrected chi connectivity index (χ1v) is 10.5. The Morgan fingerprint density at radius 1 is 1.35 bits per heavy atom. The van der Waals surface area contributed by atoms with E-state index >= 15 is 0 Å². The minimum atomic E-state index is -0.966. The normalized spacial score (nSPS) is 20.9. The zero-order valence-electron chi connectivity index (χ0n) is 17.9. The fourth-order valence-electron chi connectivity index (χ4n) is 4.22. The minimum absolute atomic E-state index is 0.153. The number of nitrogens with zero attached hydrogens (tertiary/aromatic N) is 2. The molecule has 2 aromatic rings. The van der Waals surface area contributed by atoms with Crippen LogP contribution in [0.3, 0.4) is 0 Å². The number of methoxy groups -OCH3 is 1. The van der Waals surface area contributed by atoms with Crippen molar-refractivity contribution in [1.29, 1.82) is 0 Å². The van der Waals surface area contributed by atoms with Gasteiger partial charge >= 0.3 is 5.97 Å². The molecule has 0 saturated heterocycles. The fourth-order valence-corrected chi connectivity index (χ4v) is 4.22. The van der Waals surface area contributed by atoms with Gasteiger partial charge in [0.2, 0.25) is 0 Å². The van der Waals surface area contributed by atoms with Crippen molar-refractivity contribution in [2.45, 2.75) is 39.2 Å². The van der Waals surface area contributed by atoms with Crippen molar-refractivity contribution in [2.24, 2.45) is 5.41 Å². The number of aromatic nitrogens is 2. The number of ether oxygens (including phenoxy) is 2. The summed E-state index contributed by atoms with van der Waals surface area (Å²) >= 11 is 0. The second kappa shape index (κ2) is 8.06. The summed E-state index contributed by atoms with van der Waals surface area (Å²) in [5.41, 5.74) is 0.902. The van der Waals surface area contributed by atoms with Crippen LogP contribution in [0, 0.1) is 5.41 Å². The zero-order valence-corrected chi connectivity index (χ0v) is 17.9. The van der Waals surface area contributed by atoms with Gasteiger partial charge in [0.15, 0.2) is 11.5 Å². The van der Waals surface area contributed by atoms with Gasteiger partial charge in [-0.3, -0.25) is 14.2 Å². The Balaban J connectivity index is 1.79. The van der Waals surface area contributed by atoms with Crippen LogP contribution in [0.25, 0.3) is 18.2 Å². The summed E-state index contributed by atoms with van der Waals surface area (Å²) in [5.74, 6) is 0.880. The van der Waals surface area contributed by atoms with E-state index in [4.69, 9.17) is 14.5 Å². The predicted octanol–water partition coefficient (Wildman–Crippen LogP) is 3.82. The van der Waals surface area contributed by atoms with Gasteiger partial charge in [-0.1, -0.05) is 31.6 Å². The number of hydrogen-bond donors (Lipinski definition) is 1. The second-order valence-corrected chi connectivity index (χ2v) is 7.80. The second-order valence-electron chi connectivity index (χ2n) is 7.80. The highest BCUT2D eigenvalue weighted by molar-refractivity contribution is 5.84. The molecule has 7 nitrogen and oxygen atoms in total. The molecule has 1 N–H and O–H groups in total. The summed E-state index contributed by atoms with van der Waals surface area (Å²) in [5, 5.41) is 9.59. The standard InChI is InChI=1S/C24H26N2O5/c1-4-7-16-17(11-10-15-8-6-9-18(30-3)21(15)31-5-2)25-20-12-13-24(23(28)29)14-19(24)26(20)22(16)27/h6,8-13,19H,4-5,7,14H2,1-3H3,(H,28,29)/b11-10+. The number of carboxylic acids is 1. The van der Waals surface area contributed by atoms with Crippen LogP contribution < -0.4 is 15.0 Å². The number of para-hydroxylation sites is 1. The molecule has 2 atom stereocenters. The predicted molar refractivity (Wildman–Crippen MR) is 118 cm³/mol. The van der Waals surface area contributed by atoms with Crippen LogP contribution in [-0.2, 0) is 11.2 Å². The van der Waals surface area contributed by atoms with Gasteiger partial charge in [0.05, 0.1) is 25.5 Å². The molecule has 0 amide bonds. The molecular formula is C24H26N2O5. The average molecular weight is 422 g/mol. The summed E-state index contributed by atoms with van der Waals surface area (Å²) in [6, 6.07) is 5.27. The van der Waals surface area contributed by atoms with Crippen molar-refractivity contribution in [3.05, 3.63) is 57.3 Å². The monoisotopic (exact) mass is 422 g/mol. The number of hydrogen-bond acceptors (Lipinski definition) is 5. The van der Waals surface area contributed by atoms with Crippen LogP contribution in [0.5, 0.6) is 11.5 Å². The van der Waals surface area contributed by atoms with E-state index in [1.54, 1.807) is 23.8 Å². The van der Waals surface area contributed by atoms with Crippen LogP contribution in [0.2, 0.25) is 0 Å². The van der Waals surface area contributed by atoms with Crippen LogP contribution in [0.15, 0.2) is 29.1 Å². The summed E-state index contributed by atoms with van der Waals surface area (Å²) in [6.07, 6.45) is 8.80. The van der Waals surface area contributed by atoms with Crippen LogP contribution in [0.4, 0.5) is 0 Å². The SMILES string of the molecule is CCCc1c(/C=C/c2cccc(OC)c2OCC)nc2n(c1=O)C1CC1(C(=O)O)C=C2. The molecule has 2 unspecified atom stereocenters. The maximum absolute atomic E-state index is 13.3. The first-order valence-electron chi connectivity index (χ1n) is 10.5. The minimum Gasteiger partial charge on any atom is -0.493 e. The summed E-state index contributed by atoms with van der Waals surface area (Å²) in [6.45, 7) is 4.41. The van der Waals surface area contributed by atoms with E-state index in [9.17, 15) is 14.7 Å². The lowest BCUT2D eigenvalue weighted by Crippen LogP contribution is -2.32. The molecule has 1 aromatic heterocycles. The molecule has 2 heterocycles. The number of benzene rings is 1. The highest BCUT2D eigenvalue weighted by atomic mass is 16.5. The van der Waals surface area contributed by atoms with E-state index in [1.807, 2.05) is 44.2 Å². The summed E-state index contributed by atoms with van der Waals surface area (Å²) in [7, 11) is 1.60. The maximum Gasteiger partial charge on any atom is 0.315 e. The van der Waals surface area contributed by atoms with Crippen molar-refractivity contribution in [3.8, 4) is 11.5 Å². The van der Waals surface area contributed by atoms with E-state index in [0.717, 1.165) is 12.0 Å². The molecule has 0 bridgehead atoms. The molecule has 1 saturated carbocycles. The van der Waals surface area contributed by atoms with Crippen molar-refractivity contribution in [1.82, 2.24) is 9.55 Å². The Bertz CT molecular complexity index is 1150. The lowest BCUT2D eigenvalue weighted by molar-refractivity contribution is -0.141. The van der Waals surface area contributed by atoms with E-state index < -0.39 is 11.4 Å². The van der Waals surface area contributed by atoms with Crippen molar-refractivity contribution in [2.75, 3.05) is 13.7 Å². The van der Waals surface area contributed by atoms with Gasteiger partial charge in [0.1, 0.15) is 11.2 Å². The molecular weight excluding hydrogens is 396 g/mol. The van der Waals surface area contributed by atoms with Crippen LogP contribution in [-0.4, -0.2) is 34.3 Å². The molecule has 2 aliphatic rings. The molecule has 1 fully saturated rings. The lowest BCUT2D eigenvalue weighted by Gasteiger charge is -2.19. The third-order valence-electron chi connectivity index (χ3n) is 5.91. The molecule has 7 heteroatoms. The number of carbonyl (C=O) groups is 1. The van der Waals surface area contributed by atoms with E-state index in [-0.39, 0.29) is 11.6 Å². The molecule has 162 valence electrons. The van der Waals surface area contributed by atoms with Gasteiger partial charge in [-0.15, -0.1) is 0 Å². The Morgan fingerprint density at radius 2 is 2.16 bits per heavy atom. The average Bonchev–Trinajstić information content (AvgIpc) is 3.51. The first kappa shape index (κ1) is 20.9. The Hall–Kier alpha value is -3.35. The number of carboxylic acid groups (broad SMARTS) is 1. The van der Waals surface area contributed by atoms with Gasteiger partial charge in [-0.05, 0) is 44.1 Å². The smallest absolute Gasteiger partial charge is 0.315 e. The number of aliphatic carboxylic acids is 1. The molecule has 0 spiro atoms. The topological polar surface area (TPSA) is 90.7 Å². The Morgan fingerprint density at radius 3 is 2.84 bits per heavy atom. The molecule has 4 rings (SSSR count). The summed E-state index contributed by atoms with van der Waals surface area (Å²) in [4.78, 5) is 29.7. The molecule has 1 aliphatic heterocycles. The molecule has 0 radical (unpaired) electrons.